The van der Waals surface area contributed by atoms with Crippen molar-refractivity contribution >= 4 is 0 Å². The first kappa shape index (κ1) is 10.3. The lowest BCUT2D eigenvalue weighted by Crippen LogP contribution is -2.38. The Bertz CT molecular complexity index is 371. The van der Waals surface area contributed by atoms with Gasteiger partial charge in [0.1, 0.15) is 0 Å². The van der Waals surface area contributed by atoms with Crippen LogP contribution in [0.25, 0.3) is 0 Å². The molecule has 1 N–H and O–H groups in total. The molecular formula is C14H19NO. The molecule has 2 unspecified atom stereocenters. The Hall–Kier alpha value is -0.860. The molecule has 0 bridgehead atoms. The van der Waals surface area contributed by atoms with Crippen molar-refractivity contribution in [2.24, 2.45) is 0 Å². The zero-order chi connectivity index (χ0) is 11.0. The minimum absolute atomic E-state index is 0.173. The van der Waals surface area contributed by atoms with Crippen LogP contribution in [0.3, 0.4) is 0 Å². The van der Waals surface area contributed by atoms with Gasteiger partial charge in [-0.05, 0) is 49.9 Å². The third-order valence-electron chi connectivity index (χ3n) is 3.98. The van der Waals surface area contributed by atoms with E-state index in [-0.39, 0.29) is 12.1 Å². The van der Waals surface area contributed by atoms with Crippen molar-refractivity contribution in [3.05, 3.63) is 35.4 Å². The van der Waals surface area contributed by atoms with Gasteiger partial charge < -0.3 is 5.11 Å². The first-order valence-electron chi connectivity index (χ1n) is 6.36. The number of hydrogen-bond acceptors (Lipinski definition) is 2. The lowest BCUT2D eigenvalue weighted by Gasteiger charge is -2.36. The van der Waals surface area contributed by atoms with Crippen molar-refractivity contribution in [2.75, 3.05) is 13.1 Å². The maximum absolute atomic E-state index is 10.2. The number of aliphatic hydroxyl groups excluding tert-OH is 1. The Labute approximate surface area is 96.9 Å². The van der Waals surface area contributed by atoms with Gasteiger partial charge in [0.05, 0.1) is 12.1 Å². The molecule has 0 spiro atoms. The zero-order valence-electron chi connectivity index (χ0n) is 9.60. The van der Waals surface area contributed by atoms with Crippen LogP contribution in [-0.4, -0.2) is 29.2 Å². The Morgan fingerprint density at radius 2 is 1.88 bits per heavy atom. The predicted molar refractivity (Wildman–Crippen MR) is 64.3 cm³/mol. The van der Waals surface area contributed by atoms with Gasteiger partial charge in [-0.25, -0.2) is 0 Å². The predicted octanol–water partition coefficient (Wildman–Crippen LogP) is 2.13. The molecule has 1 aromatic rings. The molecule has 2 aliphatic rings. The number of fused-ring (bicyclic) bond motifs is 1. The highest BCUT2D eigenvalue weighted by Gasteiger charge is 2.33. The van der Waals surface area contributed by atoms with Gasteiger partial charge in [-0.1, -0.05) is 24.3 Å². The van der Waals surface area contributed by atoms with Crippen molar-refractivity contribution in [1.82, 2.24) is 4.90 Å². The van der Waals surface area contributed by atoms with Gasteiger partial charge in [-0.2, -0.15) is 0 Å². The molecule has 0 amide bonds. The number of aryl methyl sites for hydroxylation is 1. The minimum Gasteiger partial charge on any atom is -0.391 e. The monoisotopic (exact) mass is 217 g/mol. The highest BCUT2D eigenvalue weighted by atomic mass is 16.3. The normalized spacial score (nSPS) is 30.3. The first-order chi connectivity index (χ1) is 7.86. The molecular weight excluding hydrogens is 198 g/mol. The molecule has 1 aliphatic carbocycles. The van der Waals surface area contributed by atoms with Crippen molar-refractivity contribution in [2.45, 2.75) is 37.8 Å². The molecule has 2 nitrogen and oxygen atoms in total. The highest BCUT2D eigenvalue weighted by Crippen LogP contribution is 2.36. The number of benzene rings is 1. The molecule has 0 saturated carbocycles. The van der Waals surface area contributed by atoms with Gasteiger partial charge >= 0.3 is 0 Å². The van der Waals surface area contributed by atoms with E-state index in [9.17, 15) is 5.11 Å². The Morgan fingerprint density at radius 1 is 1.12 bits per heavy atom. The summed E-state index contributed by atoms with van der Waals surface area (Å²) in [6.45, 7) is 2.30. The van der Waals surface area contributed by atoms with Crippen molar-refractivity contribution in [3.8, 4) is 0 Å². The summed E-state index contributed by atoms with van der Waals surface area (Å²) in [5, 5.41) is 10.2. The fraction of sp³-hybridized carbons (Fsp3) is 0.571. The standard InChI is InChI=1S/C14H19NO/c16-13-8-7-11-5-1-2-6-12(11)14(13)15-9-3-4-10-15/h1-2,5-6,13-14,16H,3-4,7-10H2. The lowest BCUT2D eigenvalue weighted by molar-refractivity contribution is 0.0479. The summed E-state index contributed by atoms with van der Waals surface area (Å²) in [7, 11) is 0. The molecule has 86 valence electrons. The van der Waals surface area contributed by atoms with Crippen LogP contribution in [0.15, 0.2) is 24.3 Å². The summed E-state index contributed by atoms with van der Waals surface area (Å²) in [5.41, 5.74) is 2.80. The van der Waals surface area contributed by atoms with Crippen LogP contribution in [0.5, 0.6) is 0 Å². The number of likely N-dealkylation sites (tertiary alicyclic amines) is 1. The molecule has 16 heavy (non-hydrogen) atoms. The second-order valence-corrected chi connectivity index (χ2v) is 4.99. The maximum atomic E-state index is 10.2. The Morgan fingerprint density at radius 3 is 2.69 bits per heavy atom. The molecule has 1 fully saturated rings. The van der Waals surface area contributed by atoms with Crippen LogP contribution >= 0.6 is 0 Å². The quantitative estimate of drug-likeness (QED) is 0.779. The van der Waals surface area contributed by atoms with E-state index < -0.39 is 0 Å². The number of nitrogens with zero attached hydrogens (tertiary/aromatic N) is 1. The SMILES string of the molecule is OC1CCc2ccccc2C1N1CCCC1. The lowest BCUT2D eigenvalue weighted by atomic mass is 9.85. The number of aliphatic hydroxyl groups is 1. The van der Waals surface area contributed by atoms with E-state index in [4.69, 9.17) is 0 Å². The topological polar surface area (TPSA) is 23.5 Å². The van der Waals surface area contributed by atoms with Crippen LogP contribution in [0.1, 0.15) is 36.4 Å². The largest absolute Gasteiger partial charge is 0.391 e. The van der Waals surface area contributed by atoms with Gasteiger partial charge in [0.2, 0.25) is 0 Å². The van der Waals surface area contributed by atoms with Crippen LogP contribution in [0.2, 0.25) is 0 Å². The molecule has 1 heterocycles. The van der Waals surface area contributed by atoms with E-state index in [0.717, 1.165) is 25.9 Å². The van der Waals surface area contributed by atoms with Crippen molar-refractivity contribution in [1.29, 1.82) is 0 Å². The third-order valence-corrected chi connectivity index (χ3v) is 3.98. The molecule has 2 atom stereocenters. The fourth-order valence-electron chi connectivity index (χ4n) is 3.18. The average molecular weight is 217 g/mol. The summed E-state index contributed by atoms with van der Waals surface area (Å²) in [5.74, 6) is 0. The van der Waals surface area contributed by atoms with Gasteiger partial charge in [0, 0.05) is 0 Å². The van der Waals surface area contributed by atoms with Crippen molar-refractivity contribution in [3.63, 3.8) is 0 Å². The summed E-state index contributed by atoms with van der Waals surface area (Å²) in [6, 6.07) is 8.87. The molecule has 0 radical (unpaired) electrons. The smallest absolute Gasteiger partial charge is 0.0740 e. The van der Waals surface area contributed by atoms with E-state index in [2.05, 4.69) is 29.2 Å². The first-order valence-corrected chi connectivity index (χ1v) is 6.36. The average Bonchev–Trinajstić information content (AvgIpc) is 2.82. The zero-order valence-corrected chi connectivity index (χ0v) is 9.60. The van der Waals surface area contributed by atoms with E-state index >= 15 is 0 Å². The molecule has 1 aliphatic heterocycles. The second-order valence-electron chi connectivity index (χ2n) is 4.99. The van der Waals surface area contributed by atoms with Crippen LogP contribution in [-0.2, 0) is 6.42 Å². The van der Waals surface area contributed by atoms with Crippen LogP contribution in [0, 0.1) is 0 Å². The second kappa shape index (κ2) is 4.19. The van der Waals surface area contributed by atoms with Crippen LogP contribution in [0.4, 0.5) is 0 Å². The van der Waals surface area contributed by atoms with E-state index in [0.29, 0.717) is 0 Å². The molecule has 1 aromatic carbocycles. The maximum Gasteiger partial charge on any atom is 0.0740 e. The van der Waals surface area contributed by atoms with Gasteiger partial charge in [-0.15, -0.1) is 0 Å². The van der Waals surface area contributed by atoms with Gasteiger partial charge in [0.25, 0.3) is 0 Å². The Balaban J connectivity index is 1.96. The summed E-state index contributed by atoms with van der Waals surface area (Å²) < 4.78 is 0. The summed E-state index contributed by atoms with van der Waals surface area (Å²) >= 11 is 0. The fourth-order valence-corrected chi connectivity index (χ4v) is 3.18. The van der Waals surface area contributed by atoms with Crippen molar-refractivity contribution < 1.29 is 5.11 Å². The van der Waals surface area contributed by atoms with E-state index in [1.54, 1.807) is 0 Å². The highest BCUT2D eigenvalue weighted by molar-refractivity contribution is 5.33. The van der Waals surface area contributed by atoms with E-state index in [1.165, 1.54) is 24.0 Å². The molecule has 3 rings (SSSR count). The van der Waals surface area contributed by atoms with Gasteiger partial charge in [0.15, 0.2) is 0 Å². The van der Waals surface area contributed by atoms with E-state index in [1.807, 2.05) is 0 Å². The van der Waals surface area contributed by atoms with Crippen LogP contribution < -0.4 is 0 Å². The molecule has 2 heteroatoms. The number of rotatable bonds is 1. The Kier molecular flexibility index (Phi) is 2.70. The van der Waals surface area contributed by atoms with Gasteiger partial charge in [-0.3, -0.25) is 4.90 Å². The number of hydrogen-bond donors (Lipinski definition) is 1. The molecule has 0 aromatic heterocycles. The summed E-state index contributed by atoms with van der Waals surface area (Å²) in [6.07, 6.45) is 4.34. The third kappa shape index (κ3) is 1.66. The minimum atomic E-state index is -0.173. The molecule has 1 saturated heterocycles. The summed E-state index contributed by atoms with van der Waals surface area (Å²) in [4.78, 5) is 2.46.